The van der Waals surface area contributed by atoms with Crippen molar-refractivity contribution in [3.63, 3.8) is 0 Å². The zero-order valence-corrected chi connectivity index (χ0v) is 10.9. The van der Waals surface area contributed by atoms with Crippen LogP contribution in [0.5, 0.6) is 0 Å². The molecule has 0 atom stereocenters. The van der Waals surface area contributed by atoms with E-state index in [1.807, 2.05) is 13.0 Å². The van der Waals surface area contributed by atoms with Crippen LogP contribution in [-0.2, 0) is 19.1 Å². The normalized spacial score (nSPS) is 11.4. The molecule has 1 aromatic carbocycles. The molecule has 0 radical (unpaired) electrons. The molecule has 1 aromatic heterocycles. The average molecular weight is 281 g/mol. The maximum Gasteiger partial charge on any atom is 0.416 e. The van der Waals surface area contributed by atoms with Crippen LogP contribution in [0.2, 0.25) is 0 Å². The Morgan fingerprint density at radius 1 is 1.10 bits per heavy atom. The summed E-state index contributed by atoms with van der Waals surface area (Å²) in [5, 5.41) is 3.06. The van der Waals surface area contributed by atoms with Crippen LogP contribution in [0.3, 0.4) is 0 Å². The molecule has 0 saturated carbocycles. The van der Waals surface area contributed by atoms with E-state index >= 15 is 0 Å². The number of hydrogen-bond donors (Lipinski definition) is 1. The lowest BCUT2D eigenvalue weighted by molar-refractivity contribution is -0.137. The maximum absolute atomic E-state index is 12.4. The molecule has 0 bridgehead atoms. The highest BCUT2D eigenvalue weighted by Crippen LogP contribution is 2.29. The first-order valence-corrected chi connectivity index (χ1v) is 6.20. The molecule has 2 rings (SSSR count). The lowest BCUT2D eigenvalue weighted by atomic mass is 10.1. The molecule has 0 unspecified atom stereocenters. The average Bonchev–Trinajstić information content (AvgIpc) is 2.45. The summed E-state index contributed by atoms with van der Waals surface area (Å²) in [6, 6.07) is 6.89. The fourth-order valence-corrected chi connectivity index (χ4v) is 1.69. The highest BCUT2D eigenvalue weighted by Gasteiger charge is 2.29. The van der Waals surface area contributed by atoms with Crippen LogP contribution in [0, 0.1) is 0 Å². The Kier molecular flexibility index (Phi) is 4.22. The number of nitrogens with zero attached hydrogens (tertiary/aromatic N) is 2. The zero-order chi connectivity index (χ0) is 14.6. The van der Waals surface area contributed by atoms with Gasteiger partial charge in [-0.2, -0.15) is 13.2 Å². The molecule has 1 heterocycles. The summed E-state index contributed by atoms with van der Waals surface area (Å²) in [7, 11) is 0. The summed E-state index contributed by atoms with van der Waals surface area (Å²) < 4.78 is 37.3. The maximum atomic E-state index is 12.4. The van der Waals surface area contributed by atoms with Crippen LogP contribution in [0.4, 0.5) is 19.0 Å². The van der Waals surface area contributed by atoms with Gasteiger partial charge in [0.25, 0.3) is 0 Å². The number of nitrogens with one attached hydrogen (secondary N) is 1. The molecule has 20 heavy (non-hydrogen) atoms. The van der Waals surface area contributed by atoms with Crippen LogP contribution < -0.4 is 5.32 Å². The molecular weight excluding hydrogens is 267 g/mol. The van der Waals surface area contributed by atoms with Crippen LogP contribution in [-0.4, -0.2) is 9.97 Å². The molecule has 3 nitrogen and oxygen atoms in total. The molecule has 0 aliphatic rings. The molecule has 0 saturated heterocycles. The highest BCUT2D eigenvalue weighted by atomic mass is 19.4. The van der Waals surface area contributed by atoms with Crippen LogP contribution in [0.25, 0.3) is 0 Å². The monoisotopic (exact) mass is 281 g/mol. The summed E-state index contributed by atoms with van der Waals surface area (Å²) in [5.74, 6) is 0.664. The minimum atomic E-state index is -4.30. The highest BCUT2D eigenvalue weighted by molar-refractivity contribution is 5.36. The molecule has 6 heteroatoms. The predicted octanol–water partition coefficient (Wildman–Crippen LogP) is 3.67. The summed E-state index contributed by atoms with van der Waals surface area (Å²) in [4.78, 5) is 8.13. The van der Waals surface area contributed by atoms with Gasteiger partial charge in [0.05, 0.1) is 5.56 Å². The van der Waals surface area contributed by atoms with E-state index in [-0.39, 0.29) is 0 Å². The molecule has 0 aliphatic carbocycles. The van der Waals surface area contributed by atoms with Crippen molar-refractivity contribution in [2.24, 2.45) is 0 Å². The van der Waals surface area contributed by atoms with Crippen molar-refractivity contribution in [2.75, 3.05) is 5.32 Å². The van der Waals surface area contributed by atoms with Gasteiger partial charge < -0.3 is 5.32 Å². The third kappa shape index (κ3) is 3.69. The van der Waals surface area contributed by atoms with Crippen molar-refractivity contribution in [1.82, 2.24) is 9.97 Å². The number of benzene rings is 1. The van der Waals surface area contributed by atoms with E-state index in [0.29, 0.717) is 12.4 Å². The first-order chi connectivity index (χ1) is 9.49. The number of rotatable bonds is 4. The molecule has 0 amide bonds. The minimum Gasteiger partial charge on any atom is -0.366 e. The largest absolute Gasteiger partial charge is 0.416 e. The first-order valence-electron chi connectivity index (χ1n) is 6.20. The second-order valence-electron chi connectivity index (χ2n) is 4.30. The second-order valence-corrected chi connectivity index (χ2v) is 4.30. The zero-order valence-electron chi connectivity index (χ0n) is 10.9. The summed E-state index contributed by atoms with van der Waals surface area (Å²) in [5.41, 5.74) is 1.03. The number of halogens is 3. The molecule has 0 aliphatic heterocycles. The summed E-state index contributed by atoms with van der Waals surface area (Å²) >= 11 is 0. The van der Waals surface area contributed by atoms with Gasteiger partial charge in [-0.1, -0.05) is 19.1 Å². The lowest BCUT2D eigenvalue weighted by Gasteiger charge is -2.09. The van der Waals surface area contributed by atoms with Crippen molar-refractivity contribution in [3.05, 3.63) is 53.5 Å². The van der Waals surface area contributed by atoms with Crippen molar-refractivity contribution in [2.45, 2.75) is 26.1 Å². The van der Waals surface area contributed by atoms with Gasteiger partial charge in [0.15, 0.2) is 0 Å². The van der Waals surface area contributed by atoms with E-state index in [9.17, 15) is 13.2 Å². The molecule has 0 fully saturated rings. The predicted molar refractivity (Wildman–Crippen MR) is 70.2 cm³/mol. The Bertz CT molecular complexity index is 565. The Morgan fingerprint density at radius 2 is 1.80 bits per heavy atom. The fraction of sp³-hybridized carbons (Fsp3) is 0.286. The number of anilines is 1. The van der Waals surface area contributed by atoms with Crippen molar-refractivity contribution < 1.29 is 13.2 Å². The minimum absolute atomic E-state index is 0.415. The van der Waals surface area contributed by atoms with Gasteiger partial charge in [0, 0.05) is 18.3 Å². The Hall–Kier alpha value is -2.11. The molecule has 106 valence electrons. The van der Waals surface area contributed by atoms with Gasteiger partial charge in [-0.3, -0.25) is 0 Å². The Labute approximate surface area is 114 Å². The third-order valence-corrected chi connectivity index (χ3v) is 2.84. The molecular formula is C14H14F3N3. The van der Waals surface area contributed by atoms with Gasteiger partial charge in [-0.25, -0.2) is 9.97 Å². The smallest absolute Gasteiger partial charge is 0.366 e. The van der Waals surface area contributed by atoms with E-state index in [4.69, 9.17) is 0 Å². The van der Waals surface area contributed by atoms with Gasteiger partial charge in [-0.05, 0) is 24.1 Å². The van der Waals surface area contributed by atoms with Gasteiger partial charge in [-0.15, -0.1) is 0 Å². The lowest BCUT2D eigenvalue weighted by Crippen LogP contribution is -2.06. The number of hydrogen-bond acceptors (Lipinski definition) is 3. The first kappa shape index (κ1) is 14.3. The molecule has 1 N–H and O–H groups in total. The van der Waals surface area contributed by atoms with Gasteiger partial charge in [0.1, 0.15) is 12.1 Å². The van der Waals surface area contributed by atoms with Crippen LogP contribution in [0.15, 0.2) is 36.7 Å². The van der Waals surface area contributed by atoms with Gasteiger partial charge in [0.2, 0.25) is 0 Å². The second kappa shape index (κ2) is 5.90. The standard InChI is InChI=1S/C14H14F3N3/c1-2-12-7-13(20-9-19-12)18-8-10-3-5-11(6-4-10)14(15,16)17/h3-7,9H,2,8H2,1H3,(H,18,19,20). The quantitative estimate of drug-likeness (QED) is 0.929. The SMILES string of the molecule is CCc1cc(NCc2ccc(C(F)(F)F)cc2)ncn1. The summed E-state index contributed by atoms with van der Waals surface area (Å²) in [6.07, 6.45) is -2.03. The fourth-order valence-electron chi connectivity index (χ4n) is 1.69. The number of alkyl halides is 3. The number of aromatic nitrogens is 2. The van der Waals surface area contributed by atoms with Crippen molar-refractivity contribution in [3.8, 4) is 0 Å². The number of aryl methyl sites for hydroxylation is 1. The topological polar surface area (TPSA) is 37.8 Å². The third-order valence-electron chi connectivity index (χ3n) is 2.84. The Morgan fingerprint density at radius 3 is 2.40 bits per heavy atom. The van der Waals surface area contributed by atoms with E-state index in [1.54, 1.807) is 0 Å². The van der Waals surface area contributed by atoms with E-state index in [2.05, 4.69) is 15.3 Å². The molecule has 0 spiro atoms. The van der Waals surface area contributed by atoms with Crippen LogP contribution in [0.1, 0.15) is 23.7 Å². The van der Waals surface area contributed by atoms with Gasteiger partial charge >= 0.3 is 6.18 Å². The van der Waals surface area contributed by atoms with E-state index < -0.39 is 11.7 Å². The van der Waals surface area contributed by atoms with Crippen LogP contribution >= 0.6 is 0 Å². The van der Waals surface area contributed by atoms with E-state index in [1.165, 1.54) is 18.5 Å². The summed E-state index contributed by atoms with van der Waals surface area (Å²) in [6.45, 7) is 2.40. The van der Waals surface area contributed by atoms with E-state index in [0.717, 1.165) is 29.8 Å². The molecule has 2 aromatic rings. The van der Waals surface area contributed by atoms with Crippen molar-refractivity contribution >= 4 is 5.82 Å². The van der Waals surface area contributed by atoms with Crippen molar-refractivity contribution in [1.29, 1.82) is 0 Å². The Balaban J connectivity index is 2.00.